The van der Waals surface area contributed by atoms with Crippen LogP contribution >= 0.6 is 35.0 Å². The van der Waals surface area contributed by atoms with E-state index in [1.165, 1.54) is 24.2 Å². The smallest absolute Gasteiger partial charge is 0.174 e. The van der Waals surface area contributed by atoms with Crippen LogP contribution in [-0.2, 0) is 0 Å². The first-order chi connectivity index (χ1) is 8.61. The highest BCUT2D eigenvalue weighted by molar-refractivity contribution is 7.99. The van der Waals surface area contributed by atoms with Gasteiger partial charge in [-0.2, -0.15) is 5.26 Å². The van der Waals surface area contributed by atoms with Gasteiger partial charge in [0.25, 0.3) is 0 Å². The summed E-state index contributed by atoms with van der Waals surface area (Å²) in [6.07, 6.45) is 2.89. The molecule has 0 bridgehead atoms. The predicted octanol–water partition coefficient (Wildman–Crippen LogP) is 2.78. The van der Waals surface area contributed by atoms with Crippen LogP contribution in [0.3, 0.4) is 0 Å². The maximum Gasteiger partial charge on any atom is 0.174 e. The van der Waals surface area contributed by atoms with E-state index in [2.05, 4.69) is 15.0 Å². The number of anilines is 1. The number of pyridine rings is 1. The summed E-state index contributed by atoms with van der Waals surface area (Å²) in [6, 6.07) is 3.60. The third kappa shape index (κ3) is 2.64. The summed E-state index contributed by atoms with van der Waals surface area (Å²) in [4.78, 5) is 12.4. The SMILES string of the molecule is N#Cc1nc(Cl)cnc1Sc1ccnc(N)c1Cl. The zero-order valence-corrected chi connectivity index (χ0v) is 11.1. The van der Waals surface area contributed by atoms with Crippen molar-refractivity contribution in [1.29, 1.82) is 5.26 Å². The lowest BCUT2D eigenvalue weighted by Gasteiger charge is -2.05. The molecule has 2 aromatic rings. The van der Waals surface area contributed by atoms with Crippen molar-refractivity contribution in [2.45, 2.75) is 9.92 Å². The quantitative estimate of drug-likeness (QED) is 0.917. The van der Waals surface area contributed by atoms with E-state index in [4.69, 9.17) is 34.2 Å². The van der Waals surface area contributed by atoms with Crippen LogP contribution in [-0.4, -0.2) is 15.0 Å². The Bertz CT molecular complexity index is 641. The Morgan fingerprint density at radius 1 is 1.33 bits per heavy atom. The molecule has 2 aromatic heterocycles. The Hall–Kier alpha value is -1.55. The number of nitrogen functional groups attached to an aromatic ring is 1. The number of nitrogens with zero attached hydrogens (tertiary/aromatic N) is 4. The maximum absolute atomic E-state index is 8.95. The average Bonchev–Trinajstić information content (AvgIpc) is 2.37. The maximum atomic E-state index is 8.95. The molecular formula is C10H5Cl2N5S. The molecule has 0 atom stereocenters. The summed E-state index contributed by atoms with van der Waals surface area (Å²) in [6.45, 7) is 0. The first-order valence-electron chi connectivity index (χ1n) is 4.62. The normalized spacial score (nSPS) is 10.1. The molecule has 0 unspecified atom stereocenters. The lowest BCUT2D eigenvalue weighted by Crippen LogP contribution is -1.94. The molecule has 0 fully saturated rings. The molecule has 0 radical (unpaired) electrons. The van der Waals surface area contributed by atoms with Crippen molar-refractivity contribution < 1.29 is 0 Å². The molecule has 18 heavy (non-hydrogen) atoms. The fourth-order valence-corrected chi connectivity index (χ4v) is 2.31. The number of rotatable bonds is 2. The number of hydrogen-bond donors (Lipinski definition) is 1. The standard InChI is InChI=1S/C10H5Cl2N5S/c11-7-4-16-10(5(3-13)17-7)18-6-1-2-15-9(14)8(6)12/h1-2,4H,(H2,14,15). The van der Waals surface area contributed by atoms with Crippen LogP contribution in [0.4, 0.5) is 5.82 Å². The summed E-state index contributed by atoms with van der Waals surface area (Å²) in [5.74, 6) is 0.224. The van der Waals surface area contributed by atoms with Crippen LogP contribution in [0.25, 0.3) is 0 Å². The summed E-state index contributed by atoms with van der Waals surface area (Å²) in [7, 11) is 0. The van der Waals surface area contributed by atoms with Gasteiger partial charge in [-0.25, -0.2) is 15.0 Å². The van der Waals surface area contributed by atoms with E-state index in [0.29, 0.717) is 14.9 Å². The fraction of sp³-hybridized carbons (Fsp3) is 0. The Kier molecular flexibility index (Phi) is 3.87. The molecule has 0 saturated heterocycles. The third-order valence-electron chi connectivity index (χ3n) is 1.90. The van der Waals surface area contributed by atoms with Crippen molar-refractivity contribution in [3.05, 3.63) is 34.3 Å². The van der Waals surface area contributed by atoms with Gasteiger partial charge in [-0.05, 0) is 6.07 Å². The van der Waals surface area contributed by atoms with Gasteiger partial charge in [0.05, 0.1) is 11.2 Å². The lowest BCUT2D eigenvalue weighted by molar-refractivity contribution is 1.02. The van der Waals surface area contributed by atoms with Crippen LogP contribution in [0.2, 0.25) is 10.2 Å². The molecule has 2 N–H and O–H groups in total. The molecule has 0 amide bonds. The van der Waals surface area contributed by atoms with Gasteiger partial charge in [0.1, 0.15) is 22.1 Å². The van der Waals surface area contributed by atoms with Crippen molar-refractivity contribution in [3.63, 3.8) is 0 Å². The summed E-state index contributed by atoms with van der Waals surface area (Å²) in [5.41, 5.74) is 5.73. The van der Waals surface area contributed by atoms with Gasteiger partial charge in [-0.3, -0.25) is 0 Å². The monoisotopic (exact) mass is 297 g/mol. The molecular weight excluding hydrogens is 293 g/mol. The molecule has 0 saturated carbocycles. The van der Waals surface area contributed by atoms with E-state index in [1.807, 2.05) is 6.07 Å². The second-order valence-corrected chi connectivity index (χ2v) is 4.86. The fourth-order valence-electron chi connectivity index (χ4n) is 1.13. The predicted molar refractivity (Wildman–Crippen MR) is 69.5 cm³/mol. The highest BCUT2D eigenvalue weighted by Gasteiger charge is 2.12. The number of nitriles is 1. The Labute approximate surface area is 117 Å². The van der Waals surface area contributed by atoms with Gasteiger partial charge in [0, 0.05) is 11.1 Å². The van der Waals surface area contributed by atoms with E-state index in [9.17, 15) is 0 Å². The zero-order valence-electron chi connectivity index (χ0n) is 8.76. The second kappa shape index (κ2) is 5.40. The van der Waals surface area contributed by atoms with Crippen LogP contribution in [0.1, 0.15) is 5.69 Å². The second-order valence-electron chi connectivity index (χ2n) is 3.07. The molecule has 0 aromatic carbocycles. The molecule has 2 heterocycles. The molecule has 0 aliphatic carbocycles. The minimum Gasteiger partial charge on any atom is -0.382 e. The molecule has 0 spiro atoms. The number of aromatic nitrogens is 3. The largest absolute Gasteiger partial charge is 0.382 e. The molecule has 8 heteroatoms. The van der Waals surface area contributed by atoms with Crippen LogP contribution < -0.4 is 5.73 Å². The van der Waals surface area contributed by atoms with Gasteiger partial charge >= 0.3 is 0 Å². The summed E-state index contributed by atoms with van der Waals surface area (Å²) < 4.78 is 0. The Morgan fingerprint density at radius 3 is 2.83 bits per heavy atom. The van der Waals surface area contributed by atoms with Crippen molar-refractivity contribution in [2.24, 2.45) is 0 Å². The minimum absolute atomic E-state index is 0.138. The Morgan fingerprint density at radius 2 is 2.11 bits per heavy atom. The lowest BCUT2D eigenvalue weighted by atomic mass is 10.5. The van der Waals surface area contributed by atoms with E-state index in [1.54, 1.807) is 6.07 Å². The molecule has 90 valence electrons. The van der Waals surface area contributed by atoms with Crippen LogP contribution in [0, 0.1) is 11.3 Å². The summed E-state index contributed by atoms with van der Waals surface area (Å²) in [5, 5.41) is 9.85. The minimum atomic E-state index is 0.138. The molecule has 0 aliphatic heterocycles. The third-order valence-corrected chi connectivity index (χ3v) is 3.65. The van der Waals surface area contributed by atoms with Crippen molar-refractivity contribution in [2.75, 3.05) is 5.73 Å². The van der Waals surface area contributed by atoms with Gasteiger partial charge in [-0.15, -0.1) is 0 Å². The number of nitrogens with two attached hydrogens (primary N) is 1. The van der Waals surface area contributed by atoms with Gasteiger partial charge in [-0.1, -0.05) is 35.0 Å². The van der Waals surface area contributed by atoms with Gasteiger partial charge in [0.2, 0.25) is 0 Å². The van der Waals surface area contributed by atoms with Crippen molar-refractivity contribution in [3.8, 4) is 6.07 Å². The van der Waals surface area contributed by atoms with Crippen molar-refractivity contribution >= 4 is 40.8 Å². The zero-order chi connectivity index (χ0) is 13.1. The van der Waals surface area contributed by atoms with E-state index in [-0.39, 0.29) is 16.7 Å². The van der Waals surface area contributed by atoms with Gasteiger partial charge < -0.3 is 5.73 Å². The van der Waals surface area contributed by atoms with E-state index in [0.717, 1.165) is 0 Å². The van der Waals surface area contributed by atoms with E-state index < -0.39 is 0 Å². The van der Waals surface area contributed by atoms with Gasteiger partial charge in [0.15, 0.2) is 5.69 Å². The molecule has 0 aliphatic rings. The molecule has 5 nitrogen and oxygen atoms in total. The van der Waals surface area contributed by atoms with Crippen molar-refractivity contribution in [1.82, 2.24) is 15.0 Å². The Balaban J connectivity index is 2.41. The first kappa shape index (κ1) is 12.9. The summed E-state index contributed by atoms with van der Waals surface area (Å²) >= 11 is 12.9. The van der Waals surface area contributed by atoms with E-state index >= 15 is 0 Å². The van der Waals surface area contributed by atoms with Crippen LogP contribution in [0.15, 0.2) is 28.4 Å². The highest BCUT2D eigenvalue weighted by atomic mass is 35.5. The number of halogens is 2. The first-order valence-corrected chi connectivity index (χ1v) is 6.19. The average molecular weight is 298 g/mol. The topological polar surface area (TPSA) is 88.5 Å². The highest BCUT2D eigenvalue weighted by Crippen LogP contribution is 2.35. The molecule has 2 rings (SSSR count). The van der Waals surface area contributed by atoms with Crippen LogP contribution in [0.5, 0.6) is 0 Å². The number of hydrogen-bond acceptors (Lipinski definition) is 6.